The average molecular weight is 209 g/mol. The van der Waals surface area contributed by atoms with Gasteiger partial charge in [0.25, 0.3) is 5.91 Å². The zero-order chi connectivity index (χ0) is 11.1. The highest BCUT2D eigenvalue weighted by molar-refractivity contribution is 5.94. The Hall–Kier alpha value is -1.55. The smallest absolute Gasteiger partial charge is 0.251 e. The van der Waals surface area contributed by atoms with Crippen LogP contribution in [0.4, 0.5) is 0 Å². The molecule has 4 nitrogen and oxygen atoms in total. The first-order chi connectivity index (χ1) is 7.27. The molecule has 1 amide bonds. The number of benzene rings is 1. The molecule has 0 radical (unpaired) electrons. The molecule has 0 aliphatic rings. The molecular formula is C11H15NO3. The number of hydrogen-bond acceptors (Lipinski definition) is 3. The van der Waals surface area contributed by atoms with Crippen LogP contribution in [0.3, 0.4) is 0 Å². The van der Waals surface area contributed by atoms with Gasteiger partial charge in [-0.25, -0.2) is 0 Å². The molecule has 4 heteroatoms. The second-order valence-corrected chi connectivity index (χ2v) is 3.03. The first kappa shape index (κ1) is 11.5. The van der Waals surface area contributed by atoms with E-state index >= 15 is 0 Å². The van der Waals surface area contributed by atoms with Crippen LogP contribution in [-0.4, -0.2) is 31.3 Å². The number of aliphatic hydroxyl groups is 1. The highest BCUT2D eigenvalue weighted by atomic mass is 16.5. The van der Waals surface area contributed by atoms with Gasteiger partial charge in [0, 0.05) is 25.6 Å². The second-order valence-electron chi connectivity index (χ2n) is 3.03. The van der Waals surface area contributed by atoms with Crippen LogP contribution >= 0.6 is 0 Å². The Morgan fingerprint density at radius 2 is 2.07 bits per heavy atom. The lowest BCUT2D eigenvalue weighted by Crippen LogP contribution is -2.17. The van der Waals surface area contributed by atoms with Crippen LogP contribution in [0, 0.1) is 0 Å². The summed E-state index contributed by atoms with van der Waals surface area (Å²) in [6, 6.07) is 6.88. The van der Waals surface area contributed by atoms with Crippen LogP contribution in [0.25, 0.3) is 0 Å². The molecule has 0 aliphatic heterocycles. The molecule has 1 aromatic rings. The predicted octanol–water partition coefficient (Wildman–Crippen LogP) is 0.807. The lowest BCUT2D eigenvalue weighted by atomic mass is 10.2. The third kappa shape index (κ3) is 3.59. The minimum atomic E-state index is -0.114. The average Bonchev–Trinajstić information content (AvgIpc) is 2.29. The Morgan fingerprint density at radius 3 is 2.60 bits per heavy atom. The van der Waals surface area contributed by atoms with E-state index in [9.17, 15) is 4.79 Å². The van der Waals surface area contributed by atoms with Crippen molar-refractivity contribution in [1.82, 2.24) is 5.32 Å². The predicted molar refractivity (Wildman–Crippen MR) is 57.0 cm³/mol. The zero-order valence-electron chi connectivity index (χ0n) is 8.69. The van der Waals surface area contributed by atoms with Crippen molar-refractivity contribution in [3.05, 3.63) is 29.8 Å². The third-order valence-corrected chi connectivity index (χ3v) is 1.91. The molecule has 0 saturated heterocycles. The molecule has 0 heterocycles. The molecule has 0 saturated carbocycles. The summed E-state index contributed by atoms with van der Waals surface area (Å²) in [7, 11) is 1.59. The fraction of sp³-hybridized carbons (Fsp3) is 0.364. The molecule has 0 atom stereocenters. The van der Waals surface area contributed by atoms with Gasteiger partial charge in [-0.2, -0.15) is 0 Å². The van der Waals surface area contributed by atoms with Gasteiger partial charge in [0.05, 0.1) is 6.61 Å². The number of nitrogens with one attached hydrogen (secondary N) is 1. The molecular weight excluding hydrogens is 194 g/mol. The SMILES string of the molecule is CNC(=O)c1ccc(OCCCO)cc1. The normalized spacial score (nSPS) is 9.73. The van der Waals surface area contributed by atoms with Crippen LogP contribution < -0.4 is 10.1 Å². The summed E-state index contributed by atoms with van der Waals surface area (Å²) in [5.74, 6) is 0.591. The lowest BCUT2D eigenvalue weighted by Gasteiger charge is -2.05. The van der Waals surface area contributed by atoms with Crippen molar-refractivity contribution >= 4 is 5.91 Å². The molecule has 82 valence electrons. The summed E-state index contributed by atoms with van der Waals surface area (Å²) in [6.07, 6.45) is 0.608. The number of carbonyl (C=O) groups excluding carboxylic acids is 1. The first-order valence-electron chi connectivity index (χ1n) is 4.83. The van der Waals surface area contributed by atoms with Crippen LogP contribution in [0.2, 0.25) is 0 Å². The Labute approximate surface area is 88.9 Å². The maximum absolute atomic E-state index is 11.2. The lowest BCUT2D eigenvalue weighted by molar-refractivity contribution is 0.0963. The number of ether oxygens (including phenoxy) is 1. The molecule has 1 rings (SSSR count). The van der Waals surface area contributed by atoms with E-state index in [1.165, 1.54) is 0 Å². The zero-order valence-corrected chi connectivity index (χ0v) is 8.69. The highest BCUT2D eigenvalue weighted by Crippen LogP contribution is 2.12. The van der Waals surface area contributed by atoms with Crippen molar-refractivity contribution in [3.8, 4) is 5.75 Å². The summed E-state index contributed by atoms with van der Waals surface area (Å²) in [5, 5.41) is 11.1. The molecule has 0 aromatic heterocycles. The largest absolute Gasteiger partial charge is 0.494 e. The summed E-state index contributed by atoms with van der Waals surface area (Å²) in [5.41, 5.74) is 0.604. The van der Waals surface area contributed by atoms with E-state index in [-0.39, 0.29) is 12.5 Å². The van der Waals surface area contributed by atoms with E-state index < -0.39 is 0 Å². The molecule has 0 spiro atoms. The van der Waals surface area contributed by atoms with E-state index in [2.05, 4.69) is 5.32 Å². The van der Waals surface area contributed by atoms with Gasteiger partial charge in [0.1, 0.15) is 5.75 Å². The summed E-state index contributed by atoms with van der Waals surface area (Å²) in [4.78, 5) is 11.2. The maximum Gasteiger partial charge on any atom is 0.251 e. The molecule has 0 aliphatic carbocycles. The van der Waals surface area contributed by atoms with Gasteiger partial charge >= 0.3 is 0 Å². The van der Waals surface area contributed by atoms with E-state index in [0.717, 1.165) is 0 Å². The number of carbonyl (C=O) groups is 1. The number of rotatable bonds is 5. The fourth-order valence-electron chi connectivity index (χ4n) is 1.10. The minimum absolute atomic E-state index is 0.114. The molecule has 2 N–H and O–H groups in total. The summed E-state index contributed by atoms with van der Waals surface area (Å²) >= 11 is 0. The second kappa shape index (κ2) is 6.03. The van der Waals surface area contributed by atoms with Crippen molar-refractivity contribution in [2.45, 2.75) is 6.42 Å². The van der Waals surface area contributed by atoms with Gasteiger partial charge in [0.15, 0.2) is 0 Å². The van der Waals surface area contributed by atoms with Crippen molar-refractivity contribution in [1.29, 1.82) is 0 Å². The van der Waals surface area contributed by atoms with E-state index in [0.29, 0.717) is 24.3 Å². The molecule has 0 fully saturated rings. The van der Waals surface area contributed by atoms with Gasteiger partial charge in [-0.15, -0.1) is 0 Å². The maximum atomic E-state index is 11.2. The summed E-state index contributed by atoms with van der Waals surface area (Å²) < 4.78 is 5.32. The van der Waals surface area contributed by atoms with Gasteiger partial charge in [-0.3, -0.25) is 4.79 Å². The van der Waals surface area contributed by atoms with Crippen molar-refractivity contribution < 1.29 is 14.6 Å². The van der Waals surface area contributed by atoms with Gasteiger partial charge in [-0.05, 0) is 24.3 Å². The van der Waals surface area contributed by atoms with E-state index in [1.807, 2.05) is 0 Å². The Balaban J connectivity index is 2.52. The third-order valence-electron chi connectivity index (χ3n) is 1.91. The minimum Gasteiger partial charge on any atom is -0.494 e. The topological polar surface area (TPSA) is 58.6 Å². The quantitative estimate of drug-likeness (QED) is 0.705. The Bertz CT molecular complexity index is 308. The molecule has 0 unspecified atom stereocenters. The molecule has 1 aromatic carbocycles. The van der Waals surface area contributed by atoms with Crippen LogP contribution in [0.1, 0.15) is 16.8 Å². The van der Waals surface area contributed by atoms with E-state index in [4.69, 9.17) is 9.84 Å². The van der Waals surface area contributed by atoms with Crippen molar-refractivity contribution in [2.24, 2.45) is 0 Å². The van der Waals surface area contributed by atoms with Crippen molar-refractivity contribution in [2.75, 3.05) is 20.3 Å². The Morgan fingerprint density at radius 1 is 1.40 bits per heavy atom. The molecule has 0 bridgehead atoms. The fourth-order valence-corrected chi connectivity index (χ4v) is 1.10. The monoisotopic (exact) mass is 209 g/mol. The van der Waals surface area contributed by atoms with Crippen molar-refractivity contribution in [3.63, 3.8) is 0 Å². The first-order valence-corrected chi connectivity index (χ1v) is 4.83. The van der Waals surface area contributed by atoms with Crippen LogP contribution in [0.15, 0.2) is 24.3 Å². The van der Waals surface area contributed by atoms with Crippen LogP contribution in [0.5, 0.6) is 5.75 Å². The number of aliphatic hydroxyl groups excluding tert-OH is 1. The van der Waals surface area contributed by atoms with Crippen LogP contribution in [-0.2, 0) is 0 Å². The highest BCUT2D eigenvalue weighted by Gasteiger charge is 2.02. The Kier molecular flexibility index (Phi) is 4.63. The number of amides is 1. The number of hydrogen-bond donors (Lipinski definition) is 2. The summed E-state index contributed by atoms with van der Waals surface area (Å²) in [6.45, 7) is 0.603. The van der Waals surface area contributed by atoms with Gasteiger partial charge < -0.3 is 15.2 Å². The van der Waals surface area contributed by atoms with Gasteiger partial charge in [-0.1, -0.05) is 0 Å². The standard InChI is InChI=1S/C11H15NO3/c1-12-11(14)9-3-5-10(6-4-9)15-8-2-7-13/h3-6,13H,2,7-8H2,1H3,(H,12,14). The van der Waals surface area contributed by atoms with Gasteiger partial charge in [0.2, 0.25) is 0 Å². The molecule has 15 heavy (non-hydrogen) atoms. The van der Waals surface area contributed by atoms with E-state index in [1.54, 1.807) is 31.3 Å².